The molecule has 0 saturated carbocycles. The van der Waals surface area contributed by atoms with Crippen LogP contribution in [0.2, 0.25) is 0 Å². The summed E-state index contributed by atoms with van der Waals surface area (Å²) in [7, 11) is 3.17. The minimum absolute atomic E-state index is 0.0149. The monoisotopic (exact) mass is 307 g/mol. The van der Waals surface area contributed by atoms with E-state index in [0.29, 0.717) is 24.5 Å². The van der Waals surface area contributed by atoms with Gasteiger partial charge in [-0.2, -0.15) is 0 Å². The second kappa shape index (κ2) is 7.13. The first kappa shape index (κ1) is 16.1. The van der Waals surface area contributed by atoms with Crippen molar-refractivity contribution in [2.24, 2.45) is 0 Å². The van der Waals surface area contributed by atoms with Crippen molar-refractivity contribution in [2.45, 2.75) is 0 Å². The average Bonchev–Trinajstić information content (AvgIpc) is 2.88. The van der Waals surface area contributed by atoms with Crippen LogP contribution in [0.5, 0.6) is 5.75 Å². The van der Waals surface area contributed by atoms with Gasteiger partial charge in [0.2, 0.25) is 5.91 Å². The van der Waals surface area contributed by atoms with Crippen molar-refractivity contribution in [1.29, 1.82) is 0 Å². The summed E-state index contributed by atoms with van der Waals surface area (Å²) in [6.45, 7) is 1.17. The number of carbonyl (C=O) groups excluding carboxylic acids is 2. The number of hydrogen-bond acceptors (Lipinski definition) is 4. The van der Waals surface area contributed by atoms with Gasteiger partial charge in [0.25, 0.3) is 0 Å². The van der Waals surface area contributed by atoms with Gasteiger partial charge in [-0.1, -0.05) is 12.1 Å². The first-order valence-electron chi connectivity index (χ1n) is 7.12. The summed E-state index contributed by atoms with van der Waals surface area (Å²) in [5.74, 6) is 0.436. The zero-order chi connectivity index (χ0) is 16.1. The van der Waals surface area contributed by atoms with Gasteiger partial charge in [0.1, 0.15) is 12.3 Å². The summed E-state index contributed by atoms with van der Waals surface area (Å²) >= 11 is 0. The highest BCUT2D eigenvalue weighted by Gasteiger charge is 2.32. The number of nitrogens with zero attached hydrogens (tertiary/aromatic N) is 3. The fourth-order valence-corrected chi connectivity index (χ4v) is 2.36. The van der Waals surface area contributed by atoms with E-state index in [4.69, 9.17) is 9.84 Å². The van der Waals surface area contributed by atoms with Crippen LogP contribution in [0.4, 0.5) is 10.5 Å². The van der Waals surface area contributed by atoms with E-state index < -0.39 is 0 Å². The number of rotatable bonds is 6. The molecule has 2 rings (SSSR count). The highest BCUT2D eigenvalue weighted by atomic mass is 16.5. The number of aliphatic hydroxyl groups is 1. The Morgan fingerprint density at radius 1 is 1.36 bits per heavy atom. The van der Waals surface area contributed by atoms with Crippen LogP contribution in [0, 0.1) is 0 Å². The lowest BCUT2D eigenvalue weighted by atomic mass is 10.2. The summed E-state index contributed by atoms with van der Waals surface area (Å²) in [6, 6.07) is 7.09. The van der Waals surface area contributed by atoms with Crippen molar-refractivity contribution in [1.82, 2.24) is 9.80 Å². The Labute approximate surface area is 129 Å². The molecule has 7 nitrogen and oxygen atoms in total. The van der Waals surface area contributed by atoms with Crippen molar-refractivity contribution in [3.63, 3.8) is 0 Å². The summed E-state index contributed by atoms with van der Waals surface area (Å²) < 4.78 is 5.28. The minimum atomic E-state index is -0.213. The third kappa shape index (κ3) is 3.30. The summed E-state index contributed by atoms with van der Waals surface area (Å²) in [5, 5.41) is 8.85. The molecular weight excluding hydrogens is 286 g/mol. The summed E-state index contributed by atoms with van der Waals surface area (Å²) in [4.78, 5) is 29.0. The molecule has 1 heterocycles. The maximum atomic E-state index is 12.5. The fourth-order valence-electron chi connectivity index (χ4n) is 2.36. The number of para-hydroxylation sites is 2. The van der Waals surface area contributed by atoms with Gasteiger partial charge >= 0.3 is 6.03 Å². The molecule has 1 aliphatic heterocycles. The van der Waals surface area contributed by atoms with Crippen LogP contribution in [0.1, 0.15) is 0 Å². The Morgan fingerprint density at radius 2 is 2.09 bits per heavy atom. The highest BCUT2D eigenvalue weighted by Crippen LogP contribution is 2.30. The number of urea groups is 1. The standard InChI is InChI=1S/C15H21N3O4/c1-16(9-10-19)14(20)11-17-7-8-18(15(17)21)12-5-3-4-6-13(12)22-2/h3-6,19H,7-11H2,1-2H3. The SMILES string of the molecule is COc1ccccc1N1CCN(CC(=O)N(C)CCO)C1=O. The van der Waals surface area contributed by atoms with E-state index >= 15 is 0 Å². The molecule has 0 spiro atoms. The fraction of sp³-hybridized carbons (Fsp3) is 0.467. The molecule has 1 fully saturated rings. The van der Waals surface area contributed by atoms with E-state index in [2.05, 4.69) is 0 Å². The van der Waals surface area contributed by atoms with Crippen molar-refractivity contribution in [2.75, 3.05) is 51.8 Å². The third-order valence-corrected chi connectivity index (χ3v) is 3.66. The van der Waals surface area contributed by atoms with Gasteiger partial charge in [-0.25, -0.2) is 4.79 Å². The number of ether oxygens (including phenoxy) is 1. The molecule has 120 valence electrons. The molecule has 0 unspecified atom stereocenters. The second-order valence-electron chi connectivity index (χ2n) is 5.07. The highest BCUT2D eigenvalue weighted by molar-refractivity contribution is 5.97. The van der Waals surface area contributed by atoms with Gasteiger partial charge in [0.15, 0.2) is 0 Å². The van der Waals surface area contributed by atoms with E-state index in [0.717, 1.165) is 0 Å². The van der Waals surface area contributed by atoms with Gasteiger partial charge in [0.05, 0.1) is 19.4 Å². The minimum Gasteiger partial charge on any atom is -0.495 e. The Hall–Kier alpha value is -2.28. The van der Waals surface area contributed by atoms with E-state index in [1.54, 1.807) is 25.1 Å². The van der Waals surface area contributed by atoms with Gasteiger partial charge in [-0.3, -0.25) is 9.69 Å². The van der Waals surface area contributed by atoms with Crippen LogP contribution in [0.25, 0.3) is 0 Å². The van der Waals surface area contributed by atoms with E-state index in [-0.39, 0.29) is 31.6 Å². The van der Waals surface area contributed by atoms with Gasteiger partial charge in [-0.15, -0.1) is 0 Å². The maximum Gasteiger partial charge on any atom is 0.325 e. The molecular formula is C15H21N3O4. The van der Waals surface area contributed by atoms with E-state index in [9.17, 15) is 9.59 Å². The van der Waals surface area contributed by atoms with E-state index in [1.807, 2.05) is 18.2 Å². The molecule has 0 aromatic heterocycles. The molecule has 1 aromatic carbocycles. The second-order valence-corrected chi connectivity index (χ2v) is 5.07. The molecule has 22 heavy (non-hydrogen) atoms. The topological polar surface area (TPSA) is 73.3 Å². The van der Waals surface area contributed by atoms with Crippen LogP contribution >= 0.6 is 0 Å². The van der Waals surface area contributed by atoms with Crippen LogP contribution < -0.4 is 9.64 Å². The Kier molecular flexibility index (Phi) is 5.21. The van der Waals surface area contributed by atoms with Gasteiger partial charge < -0.3 is 19.6 Å². The lowest BCUT2D eigenvalue weighted by Crippen LogP contribution is -2.41. The molecule has 0 radical (unpaired) electrons. The average molecular weight is 307 g/mol. The molecule has 1 aliphatic rings. The zero-order valence-electron chi connectivity index (χ0n) is 12.9. The number of carbonyl (C=O) groups is 2. The predicted molar refractivity (Wildman–Crippen MR) is 82.0 cm³/mol. The summed E-state index contributed by atoms with van der Waals surface area (Å²) in [6.07, 6.45) is 0. The van der Waals surface area contributed by atoms with Crippen LogP contribution in [0.3, 0.4) is 0 Å². The van der Waals surface area contributed by atoms with Crippen molar-refractivity contribution in [3.8, 4) is 5.75 Å². The molecule has 1 aromatic rings. The number of anilines is 1. The first-order chi connectivity index (χ1) is 10.6. The maximum absolute atomic E-state index is 12.5. The zero-order valence-corrected chi connectivity index (χ0v) is 12.9. The molecule has 3 amide bonds. The van der Waals surface area contributed by atoms with E-state index in [1.165, 1.54) is 9.80 Å². The van der Waals surface area contributed by atoms with Crippen LogP contribution in [-0.2, 0) is 4.79 Å². The number of benzene rings is 1. The smallest absolute Gasteiger partial charge is 0.325 e. The first-order valence-corrected chi connectivity index (χ1v) is 7.12. The number of aliphatic hydroxyl groups excluding tert-OH is 1. The Bertz CT molecular complexity index is 549. The number of hydrogen-bond donors (Lipinski definition) is 1. The Balaban J connectivity index is 2.05. The van der Waals surface area contributed by atoms with Gasteiger partial charge in [0, 0.05) is 26.7 Å². The number of methoxy groups -OCH3 is 1. The normalized spacial score (nSPS) is 14.4. The quantitative estimate of drug-likeness (QED) is 0.825. The molecule has 0 atom stereocenters. The lowest BCUT2D eigenvalue weighted by Gasteiger charge is -2.22. The van der Waals surface area contributed by atoms with Crippen molar-refractivity contribution in [3.05, 3.63) is 24.3 Å². The number of amides is 3. The molecule has 0 aliphatic carbocycles. The van der Waals surface area contributed by atoms with Crippen molar-refractivity contribution < 1.29 is 19.4 Å². The predicted octanol–water partition coefficient (Wildman–Crippen LogP) is 0.388. The third-order valence-electron chi connectivity index (χ3n) is 3.66. The number of likely N-dealkylation sites (N-methyl/N-ethyl adjacent to an activating group) is 1. The van der Waals surface area contributed by atoms with Crippen LogP contribution in [-0.4, -0.2) is 73.8 Å². The molecule has 1 saturated heterocycles. The molecule has 1 N–H and O–H groups in total. The lowest BCUT2D eigenvalue weighted by molar-refractivity contribution is -0.130. The van der Waals surface area contributed by atoms with Crippen LogP contribution in [0.15, 0.2) is 24.3 Å². The summed E-state index contributed by atoms with van der Waals surface area (Å²) in [5.41, 5.74) is 0.702. The molecule has 0 bridgehead atoms. The largest absolute Gasteiger partial charge is 0.495 e. The Morgan fingerprint density at radius 3 is 2.77 bits per heavy atom. The van der Waals surface area contributed by atoms with Crippen molar-refractivity contribution >= 4 is 17.6 Å². The molecule has 7 heteroatoms. The van der Waals surface area contributed by atoms with Gasteiger partial charge in [-0.05, 0) is 12.1 Å².